The number of carbonyl (C=O) groups excluding carboxylic acids is 2. The van der Waals surface area contributed by atoms with Crippen LogP contribution in [-0.4, -0.2) is 25.7 Å². The molecule has 34 heavy (non-hydrogen) atoms. The molecule has 0 fully saturated rings. The zero-order valence-electron chi connectivity index (χ0n) is 20.6. The zero-order valence-corrected chi connectivity index (χ0v) is 20.6. The average molecular weight is 467 g/mol. The molecule has 2 aromatic rings. The molecule has 3 rings (SSSR count). The van der Waals surface area contributed by atoms with Crippen LogP contribution in [-0.2, 0) is 16.1 Å². The number of hydrogen-bond donors (Lipinski definition) is 2. The van der Waals surface area contributed by atoms with Crippen molar-refractivity contribution in [2.75, 3.05) is 13.7 Å². The first-order valence-corrected chi connectivity index (χ1v) is 11.7. The Morgan fingerprint density at radius 2 is 1.85 bits per heavy atom. The van der Waals surface area contributed by atoms with E-state index in [0.717, 1.165) is 24.0 Å². The molecule has 0 bridgehead atoms. The van der Waals surface area contributed by atoms with Crippen LogP contribution in [0.5, 0.6) is 11.5 Å². The van der Waals surface area contributed by atoms with Gasteiger partial charge in [-0.05, 0) is 62.4 Å². The van der Waals surface area contributed by atoms with Gasteiger partial charge in [-0.2, -0.15) is 0 Å². The Hall–Kier alpha value is -3.48. The molecule has 2 amide bonds. The molecule has 2 aromatic carbocycles. The maximum atomic E-state index is 12.9. The second-order valence-electron chi connectivity index (χ2n) is 8.38. The van der Waals surface area contributed by atoms with Gasteiger partial charge in [-0.15, -0.1) is 0 Å². The number of ether oxygens (including phenoxy) is 3. The van der Waals surface area contributed by atoms with Gasteiger partial charge in [0.1, 0.15) is 6.61 Å². The lowest BCUT2D eigenvalue weighted by molar-refractivity contribution is -0.139. The monoisotopic (exact) mass is 466 g/mol. The quantitative estimate of drug-likeness (QED) is 0.467. The van der Waals surface area contributed by atoms with E-state index in [-0.39, 0.29) is 12.6 Å². The highest BCUT2D eigenvalue weighted by molar-refractivity contribution is 5.95. The van der Waals surface area contributed by atoms with Gasteiger partial charge in [-0.3, -0.25) is 0 Å². The summed E-state index contributed by atoms with van der Waals surface area (Å²) in [5, 5.41) is 5.67. The Morgan fingerprint density at radius 3 is 2.56 bits per heavy atom. The first kappa shape index (κ1) is 25.1. The second kappa shape index (κ2) is 11.6. The molecule has 0 spiro atoms. The highest BCUT2D eigenvalue weighted by atomic mass is 16.5. The summed E-state index contributed by atoms with van der Waals surface area (Å²) in [6, 6.07) is 10.7. The minimum absolute atomic E-state index is 0.249. The normalized spacial score (nSPS) is 15.4. The fourth-order valence-corrected chi connectivity index (χ4v) is 3.96. The molecule has 1 heterocycles. The number of carbonyl (C=O) groups is 2. The summed E-state index contributed by atoms with van der Waals surface area (Å²) in [4.78, 5) is 25.3. The number of benzene rings is 2. The summed E-state index contributed by atoms with van der Waals surface area (Å²) >= 11 is 0. The number of hydrogen-bond acceptors (Lipinski definition) is 5. The van der Waals surface area contributed by atoms with E-state index < -0.39 is 12.0 Å². The van der Waals surface area contributed by atoms with E-state index in [0.29, 0.717) is 41.4 Å². The molecule has 0 saturated heterocycles. The van der Waals surface area contributed by atoms with Crippen LogP contribution in [0.15, 0.2) is 47.7 Å². The lowest BCUT2D eigenvalue weighted by atomic mass is 9.93. The summed E-state index contributed by atoms with van der Waals surface area (Å²) in [5.41, 5.74) is 5.16. The highest BCUT2D eigenvalue weighted by Crippen LogP contribution is 2.36. The summed E-state index contributed by atoms with van der Waals surface area (Å²) in [7, 11) is 1.57. The van der Waals surface area contributed by atoms with Crippen LogP contribution in [0.1, 0.15) is 61.4 Å². The Kier molecular flexibility index (Phi) is 8.57. The minimum Gasteiger partial charge on any atom is -0.493 e. The van der Waals surface area contributed by atoms with Gasteiger partial charge in [0, 0.05) is 5.70 Å². The van der Waals surface area contributed by atoms with Gasteiger partial charge in [-0.1, -0.05) is 43.2 Å². The van der Waals surface area contributed by atoms with Crippen LogP contribution in [0.4, 0.5) is 4.79 Å². The summed E-state index contributed by atoms with van der Waals surface area (Å²) in [6.45, 7) is 8.58. The van der Waals surface area contributed by atoms with E-state index in [1.54, 1.807) is 20.1 Å². The molecular formula is C27H34N2O5. The van der Waals surface area contributed by atoms with Crippen LogP contribution in [0.25, 0.3) is 0 Å². The number of unbranched alkanes of at least 4 members (excludes halogenated alkanes) is 1. The number of allylic oxidation sites excluding steroid dienone is 1. The predicted octanol–water partition coefficient (Wildman–Crippen LogP) is 5.25. The van der Waals surface area contributed by atoms with Crippen molar-refractivity contribution < 1.29 is 23.8 Å². The topological polar surface area (TPSA) is 85.9 Å². The minimum atomic E-state index is -0.651. The zero-order chi connectivity index (χ0) is 24.7. The molecule has 182 valence electrons. The Balaban J connectivity index is 1.93. The van der Waals surface area contributed by atoms with E-state index in [2.05, 4.69) is 49.6 Å². The summed E-state index contributed by atoms with van der Waals surface area (Å²) < 4.78 is 17.0. The molecule has 0 aromatic heterocycles. The molecular weight excluding hydrogens is 432 g/mol. The van der Waals surface area contributed by atoms with Gasteiger partial charge in [0.05, 0.1) is 25.3 Å². The van der Waals surface area contributed by atoms with Crippen LogP contribution < -0.4 is 20.1 Å². The highest BCUT2D eigenvalue weighted by Gasteiger charge is 2.33. The Labute approximate surface area is 201 Å². The molecule has 0 aliphatic carbocycles. The van der Waals surface area contributed by atoms with Crippen LogP contribution >= 0.6 is 0 Å². The van der Waals surface area contributed by atoms with Gasteiger partial charge in [0.2, 0.25) is 0 Å². The van der Waals surface area contributed by atoms with Crippen molar-refractivity contribution >= 4 is 12.0 Å². The molecule has 1 unspecified atom stereocenters. The van der Waals surface area contributed by atoms with Crippen molar-refractivity contribution in [1.82, 2.24) is 10.6 Å². The number of aryl methyl sites for hydroxylation is 2. The van der Waals surface area contributed by atoms with Crippen LogP contribution in [0.3, 0.4) is 0 Å². The largest absolute Gasteiger partial charge is 0.493 e. The smallest absolute Gasteiger partial charge is 0.338 e. The molecule has 1 atom stereocenters. The third kappa shape index (κ3) is 5.90. The van der Waals surface area contributed by atoms with E-state index in [1.807, 2.05) is 12.1 Å². The maximum absolute atomic E-state index is 12.9. The van der Waals surface area contributed by atoms with Gasteiger partial charge in [0.25, 0.3) is 0 Å². The Morgan fingerprint density at radius 1 is 1.06 bits per heavy atom. The van der Waals surface area contributed by atoms with Crippen molar-refractivity contribution in [3.63, 3.8) is 0 Å². The number of rotatable bonds is 10. The maximum Gasteiger partial charge on any atom is 0.338 e. The number of amides is 2. The molecule has 1 aliphatic rings. The van der Waals surface area contributed by atoms with Crippen molar-refractivity contribution in [2.45, 2.75) is 59.6 Å². The van der Waals surface area contributed by atoms with Crippen LogP contribution in [0.2, 0.25) is 0 Å². The first-order valence-electron chi connectivity index (χ1n) is 11.7. The predicted molar refractivity (Wildman–Crippen MR) is 131 cm³/mol. The van der Waals surface area contributed by atoms with Gasteiger partial charge < -0.3 is 24.8 Å². The van der Waals surface area contributed by atoms with Gasteiger partial charge in [0.15, 0.2) is 11.5 Å². The summed E-state index contributed by atoms with van der Waals surface area (Å²) in [5.74, 6) is 0.662. The van der Waals surface area contributed by atoms with Crippen molar-refractivity contribution in [3.05, 3.63) is 69.9 Å². The van der Waals surface area contributed by atoms with Gasteiger partial charge >= 0.3 is 12.0 Å². The number of methoxy groups -OCH3 is 1. The number of nitrogens with one attached hydrogen (secondary N) is 2. The van der Waals surface area contributed by atoms with Crippen molar-refractivity contribution in [3.8, 4) is 11.5 Å². The van der Waals surface area contributed by atoms with E-state index >= 15 is 0 Å². The third-order valence-corrected chi connectivity index (χ3v) is 5.84. The summed E-state index contributed by atoms with van der Waals surface area (Å²) in [6.07, 6.45) is 2.37. The molecule has 7 heteroatoms. The second-order valence-corrected chi connectivity index (χ2v) is 8.38. The Bertz CT molecular complexity index is 1080. The van der Waals surface area contributed by atoms with Crippen molar-refractivity contribution in [1.29, 1.82) is 0 Å². The van der Waals surface area contributed by atoms with Gasteiger partial charge in [-0.25, -0.2) is 9.59 Å². The van der Waals surface area contributed by atoms with E-state index in [4.69, 9.17) is 14.2 Å². The number of urea groups is 1. The van der Waals surface area contributed by atoms with E-state index in [9.17, 15) is 9.59 Å². The number of esters is 1. The molecule has 0 radical (unpaired) electrons. The fourth-order valence-electron chi connectivity index (χ4n) is 3.96. The first-order chi connectivity index (χ1) is 16.4. The van der Waals surface area contributed by atoms with E-state index in [1.165, 1.54) is 5.56 Å². The SMILES string of the molecule is CCCCC1=C(C(=O)OCC)C(c2ccc(OCc3cc(C)ccc3C)c(OC)c2)NC(=O)N1. The molecule has 7 nitrogen and oxygen atoms in total. The molecule has 0 saturated carbocycles. The average Bonchev–Trinajstić information content (AvgIpc) is 2.82. The van der Waals surface area contributed by atoms with Crippen molar-refractivity contribution in [2.24, 2.45) is 0 Å². The lowest BCUT2D eigenvalue weighted by Gasteiger charge is -2.29. The third-order valence-electron chi connectivity index (χ3n) is 5.84. The van der Waals surface area contributed by atoms with Crippen LogP contribution in [0, 0.1) is 13.8 Å². The molecule has 1 aliphatic heterocycles. The fraction of sp³-hybridized carbons (Fsp3) is 0.407. The standard InChI is InChI=1S/C27H34N2O5/c1-6-8-9-21-24(26(30)33-7-2)25(29-27(31)28-21)19-12-13-22(23(15-19)32-5)34-16-20-14-17(3)10-11-18(20)4/h10-15,25H,6-9,16H2,1-5H3,(H2,28,29,31). The molecule has 2 N–H and O–H groups in total. The lowest BCUT2D eigenvalue weighted by Crippen LogP contribution is -2.46.